The maximum atomic E-state index is 6.04. The zero-order valence-corrected chi connectivity index (χ0v) is 15.8. The van der Waals surface area contributed by atoms with Gasteiger partial charge in [0.2, 0.25) is 0 Å². The Morgan fingerprint density at radius 3 is 2.62 bits per heavy atom. The number of benzene rings is 2. The molecule has 0 heterocycles. The van der Waals surface area contributed by atoms with Gasteiger partial charge in [-0.25, -0.2) is 0 Å². The molecule has 1 N–H and O–H groups in total. The van der Waals surface area contributed by atoms with E-state index in [2.05, 4.69) is 81.1 Å². The van der Waals surface area contributed by atoms with E-state index in [-0.39, 0.29) is 0 Å². The van der Waals surface area contributed by atoms with E-state index in [0.717, 1.165) is 29.7 Å². The summed E-state index contributed by atoms with van der Waals surface area (Å²) in [5.74, 6) is 0.930. The second kappa shape index (κ2) is 8.76. The minimum absolute atomic E-state index is 0.584. The predicted octanol–water partition coefficient (Wildman–Crippen LogP) is 5.13. The molecule has 112 valence electrons. The van der Waals surface area contributed by atoms with Crippen molar-refractivity contribution in [2.24, 2.45) is 0 Å². The summed E-state index contributed by atoms with van der Waals surface area (Å²) in [5, 5.41) is 3.42. The van der Waals surface area contributed by atoms with Crippen LogP contribution in [0.5, 0.6) is 5.75 Å². The number of hydrogen-bond acceptors (Lipinski definition) is 2. The fourth-order valence-electron chi connectivity index (χ4n) is 1.99. The van der Waals surface area contributed by atoms with Crippen LogP contribution in [0.2, 0.25) is 0 Å². The molecule has 0 aromatic heterocycles. The minimum Gasteiger partial charge on any atom is -0.487 e. The lowest BCUT2D eigenvalue weighted by atomic mass is 10.2. The second-order valence-corrected chi connectivity index (χ2v) is 6.92. The molecular weight excluding hydrogens is 441 g/mol. The van der Waals surface area contributed by atoms with Crippen LogP contribution < -0.4 is 10.1 Å². The molecule has 2 nitrogen and oxygen atoms in total. The van der Waals surface area contributed by atoms with Gasteiger partial charge in [0.15, 0.2) is 0 Å². The molecule has 2 aromatic carbocycles. The highest BCUT2D eigenvalue weighted by molar-refractivity contribution is 14.1. The summed E-state index contributed by atoms with van der Waals surface area (Å²) in [6.07, 6.45) is 1.13. The van der Waals surface area contributed by atoms with Crippen molar-refractivity contribution >= 4 is 38.5 Å². The lowest BCUT2D eigenvalue weighted by Crippen LogP contribution is -2.14. The van der Waals surface area contributed by atoms with Crippen LogP contribution in [0.15, 0.2) is 46.9 Å². The quantitative estimate of drug-likeness (QED) is 0.457. The van der Waals surface area contributed by atoms with Gasteiger partial charge in [-0.05, 0) is 75.2 Å². The van der Waals surface area contributed by atoms with Crippen molar-refractivity contribution in [3.63, 3.8) is 0 Å². The van der Waals surface area contributed by atoms with Crippen molar-refractivity contribution in [2.45, 2.75) is 26.5 Å². The number of nitrogens with one attached hydrogen (secondary N) is 1. The number of para-hydroxylation sites is 1. The molecule has 0 aliphatic rings. The van der Waals surface area contributed by atoms with Crippen molar-refractivity contribution in [1.29, 1.82) is 0 Å². The van der Waals surface area contributed by atoms with Gasteiger partial charge in [0.25, 0.3) is 0 Å². The van der Waals surface area contributed by atoms with Crippen LogP contribution in [-0.4, -0.2) is 6.54 Å². The molecule has 0 saturated carbocycles. The zero-order valence-electron chi connectivity index (χ0n) is 12.0. The summed E-state index contributed by atoms with van der Waals surface area (Å²) < 4.78 is 8.28. The van der Waals surface area contributed by atoms with E-state index in [4.69, 9.17) is 4.74 Å². The van der Waals surface area contributed by atoms with Crippen molar-refractivity contribution in [2.75, 3.05) is 6.54 Å². The molecule has 0 aliphatic heterocycles. The summed E-state index contributed by atoms with van der Waals surface area (Å²) in [5.41, 5.74) is 2.36. The van der Waals surface area contributed by atoms with Crippen molar-refractivity contribution < 1.29 is 4.74 Å². The van der Waals surface area contributed by atoms with Crippen molar-refractivity contribution in [3.8, 4) is 5.75 Å². The topological polar surface area (TPSA) is 21.3 Å². The first kappa shape index (κ1) is 16.8. The van der Waals surface area contributed by atoms with Crippen LogP contribution in [0.3, 0.4) is 0 Å². The number of halogens is 2. The van der Waals surface area contributed by atoms with Gasteiger partial charge in [0.1, 0.15) is 12.4 Å². The first-order valence-corrected chi connectivity index (χ1v) is 8.93. The van der Waals surface area contributed by atoms with E-state index in [1.807, 2.05) is 12.1 Å². The highest BCUT2D eigenvalue weighted by Gasteiger charge is 2.08. The molecule has 0 fully saturated rings. The van der Waals surface area contributed by atoms with Crippen LogP contribution in [-0.2, 0) is 13.2 Å². The first-order valence-electron chi connectivity index (χ1n) is 7.06. The minimum atomic E-state index is 0.584. The fraction of sp³-hybridized carbons (Fsp3) is 0.294. The summed E-state index contributed by atoms with van der Waals surface area (Å²) in [6.45, 7) is 4.60. The molecule has 0 amide bonds. The summed E-state index contributed by atoms with van der Waals surface area (Å²) in [6, 6.07) is 14.6. The Kier molecular flexibility index (Phi) is 6.99. The molecule has 0 saturated heterocycles. The summed E-state index contributed by atoms with van der Waals surface area (Å²) >= 11 is 5.90. The lowest BCUT2D eigenvalue weighted by Gasteiger charge is -2.14. The fourth-order valence-corrected chi connectivity index (χ4v) is 2.87. The van der Waals surface area contributed by atoms with Crippen molar-refractivity contribution in [1.82, 2.24) is 5.32 Å². The first-order chi connectivity index (χ1) is 10.2. The Labute approximate surface area is 148 Å². The molecule has 21 heavy (non-hydrogen) atoms. The molecule has 4 heteroatoms. The van der Waals surface area contributed by atoms with Crippen molar-refractivity contribution in [3.05, 3.63) is 61.6 Å². The Morgan fingerprint density at radius 1 is 1.14 bits per heavy atom. The zero-order chi connectivity index (χ0) is 15.1. The number of rotatable bonds is 7. The average Bonchev–Trinajstić information content (AvgIpc) is 2.48. The van der Waals surface area contributed by atoms with E-state index in [1.54, 1.807) is 0 Å². The number of ether oxygens (including phenoxy) is 1. The smallest absolute Gasteiger partial charge is 0.138 e. The van der Waals surface area contributed by atoms with E-state index in [0.29, 0.717) is 6.61 Å². The van der Waals surface area contributed by atoms with Gasteiger partial charge in [-0.3, -0.25) is 0 Å². The molecule has 0 aliphatic carbocycles. The molecule has 2 aromatic rings. The third-order valence-electron chi connectivity index (χ3n) is 3.09. The standard InChI is InChI=1S/C17H19BrINO/c1-2-10-20-11-14-4-3-5-16(18)17(14)21-12-13-6-8-15(19)9-7-13/h3-9,20H,2,10-12H2,1H3. The van der Waals surface area contributed by atoms with E-state index >= 15 is 0 Å². The molecule has 0 radical (unpaired) electrons. The predicted molar refractivity (Wildman–Crippen MR) is 99.6 cm³/mol. The van der Waals surface area contributed by atoms with E-state index in [1.165, 1.54) is 14.7 Å². The highest BCUT2D eigenvalue weighted by atomic mass is 127. The average molecular weight is 460 g/mol. The number of hydrogen-bond donors (Lipinski definition) is 1. The Hall–Kier alpha value is -0.590. The third-order valence-corrected chi connectivity index (χ3v) is 4.43. The molecule has 0 bridgehead atoms. The van der Waals surface area contributed by atoms with Crippen LogP contribution in [0.1, 0.15) is 24.5 Å². The lowest BCUT2D eigenvalue weighted by molar-refractivity contribution is 0.300. The highest BCUT2D eigenvalue weighted by Crippen LogP contribution is 2.30. The van der Waals surface area contributed by atoms with E-state index in [9.17, 15) is 0 Å². The Balaban J connectivity index is 2.05. The van der Waals surface area contributed by atoms with Crippen LogP contribution >= 0.6 is 38.5 Å². The molecular formula is C17H19BrINO. The largest absolute Gasteiger partial charge is 0.487 e. The van der Waals surface area contributed by atoms with Gasteiger partial charge in [0, 0.05) is 15.7 Å². The van der Waals surface area contributed by atoms with Gasteiger partial charge in [-0.2, -0.15) is 0 Å². The Bertz CT molecular complexity index is 572. The third kappa shape index (κ3) is 5.27. The molecule has 2 rings (SSSR count). The van der Waals surface area contributed by atoms with Gasteiger partial charge >= 0.3 is 0 Å². The Morgan fingerprint density at radius 2 is 1.90 bits per heavy atom. The monoisotopic (exact) mass is 459 g/mol. The second-order valence-electron chi connectivity index (χ2n) is 4.82. The maximum Gasteiger partial charge on any atom is 0.138 e. The van der Waals surface area contributed by atoms with Gasteiger partial charge in [0.05, 0.1) is 4.47 Å². The van der Waals surface area contributed by atoms with Gasteiger partial charge in [-0.15, -0.1) is 0 Å². The summed E-state index contributed by atoms with van der Waals surface area (Å²) in [4.78, 5) is 0. The normalized spacial score (nSPS) is 10.6. The van der Waals surface area contributed by atoms with Gasteiger partial charge in [-0.1, -0.05) is 31.2 Å². The van der Waals surface area contributed by atoms with Crippen LogP contribution in [0.4, 0.5) is 0 Å². The summed E-state index contributed by atoms with van der Waals surface area (Å²) in [7, 11) is 0. The van der Waals surface area contributed by atoms with E-state index < -0.39 is 0 Å². The van der Waals surface area contributed by atoms with Gasteiger partial charge < -0.3 is 10.1 Å². The maximum absolute atomic E-state index is 6.04. The molecule has 0 spiro atoms. The van der Waals surface area contributed by atoms with Crippen LogP contribution in [0.25, 0.3) is 0 Å². The van der Waals surface area contributed by atoms with Crippen LogP contribution in [0, 0.1) is 3.57 Å². The molecule has 0 atom stereocenters. The molecule has 0 unspecified atom stereocenters. The SMILES string of the molecule is CCCNCc1cccc(Br)c1OCc1ccc(I)cc1.